The maximum atomic E-state index is 5.32. The molecule has 0 aliphatic carbocycles. The largest absolute Gasteiger partial charge is 0.497 e. The van der Waals surface area contributed by atoms with Crippen molar-refractivity contribution in [2.45, 2.75) is 20.8 Å². The molecule has 0 N–H and O–H groups in total. The van der Waals surface area contributed by atoms with Crippen molar-refractivity contribution in [2.24, 2.45) is 0 Å². The van der Waals surface area contributed by atoms with Crippen molar-refractivity contribution in [3.63, 3.8) is 0 Å². The van der Waals surface area contributed by atoms with Crippen molar-refractivity contribution in [1.29, 1.82) is 0 Å². The Bertz CT molecular complexity index is 764. The van der Waals surface area contributed by atoms with Gasteiger partial charge in [0.15, 0.2) is 0 Å². The number of aromatic nitrogens is 2. The Morgan fingerprint density at radius 2 is 1.75 bits per heavy atom. The number of hydrogen-bond donors (Lipinski definition) is 0. The number of rotatable bonds is 2. The van der Waals surface area contributed by atoms with Gasteiger partial charge in [0.25, 0.3) is 0 Å². The van der Waals surface area contributed by atoms with E-state index in [1.54, 1.807) is 7.11 Å². The molecular formula is C17H18N2O. The maximum Gasteiger partial charge on any atom is 0.137 e. The van der Waals surface area contributed by atoms with Gasteiger partial charge in [-0.25, -0.2) is 4.98 Å². The third kappa shape index (κ3) is 1.95. The first-order valence-corrected chi connectivity index (χ1v) is 6.70. The molecular weight excluding hydrogens is 248 g/mol. The lowest BCUT2D eigenvalue weighted by atomic mass is 10.00. The van der Waals surface area contributed by atoms with E-state index < -0.39 is 0 Å². The van der Waals surface area contributed by atoms with Crippen molar-refractivity contribution in [3.05, 3.63) is 53.3 Å². The molecule has 0 amide bonds. The summed E-state index contributed by atoms with van der Waals surface area (Å²) in [6, 6.07) is 10.3. The fraction of sp³-hybridized carbons (Fsp3) is 0.235. The van der Waals surface area contributed by atoms with Gasteiger partial charge < -0.3 is 9.14 Å². The molecule has 2 heterocycles. The zero-order valence-electron chi connectivity index (χ0n) is 12.3. The highest BCUT2D eigenvalue weighted by molar-refractivity contribution is 5.71. The number of hydrogen-bond acceptors (Lipinski definition) is 2. The summed E-state index contributed by atoms with van der Waals surface area (Å²) >= 11 is 0. The maximum absolute atomic E-state index is 5.32. The van der Waals surface area contributed by atoms with Gasteiger partial charge in [0.1, 0.15) is 11.4 Å². The zero-order valence-corrected chi connectivity index (χ0v) is 12.3. The molecule has 0 saturated heterocycles. The summed E-state index contributed by atoms with van der Waals surface area (Å²) in [5.74, 6) is 0.892. The van der Waals surface area contributed by atoms with Crippen LogP contribution < -0.4 is 4.74 Å². The summed E-state index contributed by atoms with van der Waals surface area (Å²) in [5, 5.41) is 0. The van der Waals surface area contributed by atoms with E-state index in [0.717, 1.165) is 17.1 Å². The summed E-state index contributed by atoms with van der Waals surface area (Å²) in [6.07, 6.45) is 2.10. The molecule has 3 rings (SSSR count). The van der Waals surface area contributed by atoms with Crippen LogP contribution in [0.25, 0.3) is 16.9 Å². The average Bonchev–Trinajstić information content (AvgIpc) is 2.82. The first-order chi connectivity index (χ1) is 9.60. The van der Waals surface area contributed by atoms with E-state index in [1.165, 1.54) is 22.4 Å². The predicted octanol–water partition coefficient (Wildman–Crippen LogP) is 3.94. The lowest BCUT2D eigenvalue weighted by Crippen LogP contribution is -1.91. The van der Waals surface area contributed by atoms with Gasteiger partial charge in [-0.1, -0.05) is 6.07 Å². The second kappa shape index (κ2) is 4.67. The minimum Gasteiger partial charge on any atom is -0.497 e. The first kappa shape index (κ1) is 12.7. The number of benzene rings is 1. The minimum absolute atomic E-state index is 0.892. The van der Waals surface area contributed by atoms with Gasteiger partial charge in [0, 0.05) is 17.5 Å². The topological polar surface area (TPSA) is 26.5 Å². The highest BCUT2D eigenvalue weighted by Crippen LogP contribution is 2.30. The Balaban J connectivity index is 2.23. The van der Waals surface area contributed by atoms with Gasteiger partial charge in [0.05, 0.1) is 12.8 Å². The van der Waals surface area contributed by atoms with Crippen LogP contribution >= 0.6 is 0 Å². The van der Waals surface area contributed by atoms with E-state index >= 15 is 0 Å². The van der Waals surface area contributed by atoms with Crippen molar-refractivity contribution < 1.29 is 4.74 Å². The number of fused-ring (bicyclic) bond motifs is 1. The number of methoxy groups -OCH3 is 1. The van der Waals surface area contributed by atoms with Gasteiger partial charge in [-0.05, 0) is 56.2 Å². The smallest absolute Gasteiger partial charge is 0.137 e. The number of pyridine rings is 1. The quantitative estimate of drug-likeness (QED) is 0.702. The molecule has 0 atom stereocenters. The molecule has 0 radical (unpaired) electrons. The van der Waals surface area contributed by atoms with Crippen LogP contribution in [-0.4, -0.2) is 16.5 Å². The summed E-state index contributed by atoms with van der Waals surface area (Å²) in [5.41, 5.74) is 6.73. The van der Waals surface area contributed by atoms with E-state index in [9.17, 15) is 0 Å². The van der Waals surface area contributed by atoms with E-state index in [-0.39, 0.29) is 0 Å². The molecule has 2 aromatic heterocycles. The molecule has 0 fully saturated rings. The lowest BCUT2D eigenvalue weighted by Gasteiger charge is -2.09. The molecule has 0 spiro atoms. The van der Waals surface area contributed by atoms with E-state index in [0.29, 0.717) is 0 Å². The second-order valence-corrected chi connectivity index (χ2v) is 5.16. The zero-order chi connectivity index (χ0) is 14.3. The number of nitrogens with zero attached hydrogens (tertiary/aromatic N) is 2. The van der Waals surface area contributed by atoms with Gasteiger partial charge in [-0.3, -0.25) is 0 Å². The Kier molecular flexibility index (Phi) is 2.97. The van der Waals surface area contributed by atoms with Crippen LogP contribution in [0, 0.1) is 20.8 Å². The van der Waals surface area contributed by atoms with Gasteiger partial charge in [0.2, 0.25) is 0 Å². The molecule has 3 aromatic rings. The first-order valence-electron chi connectivity index (χ1n) is 6.70. The molecule has 0 unspecified atom stereocenters. The normalized spacial score (nSPS) is 11.0. The highest BCUT2D eigenvalue weighted by atomic mass is 16.5. The predicted molar refractivity (Wildman–Crippen MR) is 81.4 cm³/mol. The molecule has 0 aliphatic rings. The molecule has 0 bridgehead atoms. The van der Waals surface area contributed by atoms with Gasteiger partial charge in [-0.2, -0.15) is 0 Å². The third-order valence-corrected chi connectivity index (χ3v) is 3.69. The fourth-order valence-electron chi connectivity index (χ4n) is 2.71. The molecule has 20 heavy (non-hydrogen) atoms. The van der Waals surface area contributed by atoms with Crippen LogP contribution in [-0.2, 0) is 0 Å². The van der Waals surface area contributed by atoms with Gasteiger partial charge in [-0.15, -0.1) is 0 Å². The van der Waals surface area contributed by atoms with Crippen LogP contribution in [0.3, 0.4) is 0 Å². The summed E-state index contributed by atoms with van der Waals surface area (Å²) in [6.45, 7) is 6.29. The summed E-state index contributed by atoms with van der Waals surface area (Å²) < 4.78 is 7.44. The summed E-state index contributed by atoms with van der Waals surface area (Å²) in [4.78, 5) is 4.74. The van der Waals surface area contributed by atoms with Crippen LogP contribution in [0.5, 0.6) is 5.75 Å². The highest BCUT2D eigenvalue weighted by Gasteiger charge is 2.12. The number of ether oxygens (including phenoxy) is 1. The number of aryl methyl sites for hydroxylation is 3. The molecule has 102 valence electrons. The monoisotopic (exact) mass is 266 g/mol. The van der Waals surface area contributed by atoms with Crippen molar-refractivity contribution >= 4 is 5.65 Å². The molecule has 3 nitrogen and oxygen atoms in total. The second-order valence-electron chi connectivity index (χ2n) is 5.16. The lowest BCUT2D eigenvalue weighted by molar-refractivity contribution is 0.414. The van der Waals surface area contributed by atoms with E-state index in [1.807, 2.05) is 12.1 Å². The molecule has 0 saturated carbocycles. The van der Waals surface area contributed by atoms with E-state index in [2.05, 4.69) is 49.6 Å². The van der Waals surface area contributed by atoms with Gasteiger partial charge >= 0.3 is 0 Å². The van der Waals surface area contributed by atoms with Crippen molar-refractivity contribution in [2.75, 3.05) is 7.11 Å². The van der Waals surface area contributed by atoms with Crippen LogP contribution in [0.15, 0.2) is 36.5 Å². The van der Waals surface area contributed by atoms with Crippen LogP contribution in [0.2, 0.25) is 0 Å². The Morgan fingerprint density at radius 3 is 2.35 bits per heavy atom. The SMILES string of the molecule is COc1cc(C)c(-c2cn3c(C)cccc3n2)c(C)c1. The average molecular weight is 266 g/mol. The van der Waals surface area contributed by atoms with E-state index in [4.69, 9.17) is 9.72 Å². The van der Waals surface area contributed by atoms with Crippen LogP contribution in [0.4, 0.5) is 0 Å². The molecule has 3 heteroatoms. The third-order valence-electron chi connectivity index (χ3n) is 3.69. The molecule has 1 aromatic carbocycles. The Labute approximate surface area is 118 Å². The molecule has 0 aliphatic heterocycles. The standard InChI is InChI=1S/C17H18N2O/c1-11-8-14(20-4)9-12(2)17(11)15-10-19-13(3)6-5-7-16(19)18-15/h5-10H,1-4H3. The Hall–Kier alpha value is -2.29. The fourth-order valence-corrected chi connectivity index (χ4v) is 2.71. The van der Waals surface area contributed by atoms with Crippen molar-refractivity contribution in [3.8, 4) is 17.0 Å². The Morgan fingerprint density at radius 1 is 1.05 bits per heavy atom. The summed E-state index contributed by atoms with van der Waals surface area (Å²) in [7, 11) is 1.70. The van der Waals surface area contributed by atoms with Crippen LogP contribution in [0.1, 0.15) is 16.8 Å². The number of imidazole rings is 1. The minimum atomic E-state index is 0.892. The van der Waals surface area contributed by atoms with Crippen molar-refractivity contribution in [1.82, 2.24) is 9.38 Å².